The third-order valence-electron chi connectivity index (χ3n) is 1.89. The second-order valence-corrected chi connectivity index (χ2v) is 2.54. The van der Waals surface area contributed by atoms with Crippen LogP contribution in [0.15, 0.2) is 0 Å². The van der Waals surface area contributed by atoms with Crippen molar-refractivity contribution in [2.45, 2.75) is 19.1 Å². The Balaban J connectivity index is 0.000000561. The lowest BCUT2D eigenvalue weighted by atomic mass is 10.0. The van der Waals surface area contributed by atoms with E-state index in [2.05, 4.69) is 0 Å². The van der Waals surface area contributed by atoms with Gasteiger partial charge in [-0.2, -0.15) is 0 Å². The van der Waals surface area contributed by atoms with Gasteiger partial charge in [-0.3, -0.25) is 0 Å². The van der Waals surface area contributed by atoms with E-state index < -0.39 is 0 Å². The summed E-state index contributed by atoms with van der Waals surface area (Å²) in [5, 5.41) is 15.6. The van der Waals surface area contributed by atoms with E-state index in [1.807, 2.05) is 0 Å². The molecule has 2 N–H and O–H groups in total. The maximum absolute atomic E-state index is 8.63. The van der Waals surface area contributed by atoms with E-state index in [9.17, 15) is 0 Å². The van der Waals surface area contributed by atoms with Crippen molar-refractivity contribution in [2.75, 3.05) is 27.4 Å². The Kier molecular flexibility index (Phi) is 7.39. The van der Waals surface area contributed by atoms with E-state index in [4.69, 9.17) is 19.7 Å². The number of aliphatic hydroxyl groups excluding tert-OH is 2. The van der Waals surface area contributed by atoms with E-state index in [0.717, 1.165) is 26.6 Å². The predicted octanol–water partition coefficient (Wildman–Crippen LogP) is -0.0137. The molecule has 0 radical (unpaired) electrons. The molecule has 0 aromatic heterocycles. The minimum atomic E-state index is -0.0767. The van der Waals surface area contributed by atoms with Crippen LogP contribution in [0.1, 0.15) is 12.8 Å². The Labute approximate surface area is 73.1 Å². The second kappa shape index (κ2) is 7.49. The van der Waals surface area contributed by atoms with Crippen LogP contribution in [0.25, 0.3) is 0 Å². The minimum Gasteiger partial charge on any atom is -0.400 e. The molecule has 74 valence electrons. The normalized spacial score (nSPS) is 28.0. The summed E-state index contributed by atoms with van der Waals surface area (Å²) in [5.74, 6) is 0.398. The SMILES string of the molecule is CO.COC1OCC[C@@H]1CCO. The van der Waals surface area contributed by atoms with Crippen LogP contribution in [0, 0.1) is 5.92 Å². The molecule has 12 heavy (non-hydrogen) atoms. The second-order valence-electron chi connectivity index (χ2n) is 2.54. The number of hydrogen-bond donors (Lipinski definition) is 2. The molecular formula is C8H18O4. The van der Waals surface area contributed by atoms with Crippen LogP contribution < -0.4 is 0 Å². The Morgan fingerprint density at radius 2 is 2.17 bits per heavy atom. The smallest absolute Gasteiger partial charge is 0.160 e. The summed E-state index contributed by atoms with van der Waals surface area (Å²) in [4.78, 5) is 0. The van der Waals surface area contributed by atoms with Crippen LogP contribution in [0.2, 0.25) is 0 Å². The Morgan fingerprint density at radius 3 is 2.67 bits per heavy atom. The van der Waals surface area contributed by atoms with Crippen LogP contribution in [-0.2, 0) is 9.47 Å². The van der Waals surface area contributed by atoms with Crippen LogP contribution in [0.5, 0.6) is 0 Å². The van der Waals surface area contributed by atoms with E-state index in [-0.39, 0.29) is 12.9 Å². The molecule has 0 bridgehead atoms. The predicted molar refractivity (Wildman–Crippen MR) is 44.7 cm³/mol. The lowest BCUT2D eigenvalue weighted by molar-refractivity contribution is -0.112. The number of ether oxygens (including phenoxy) is 2. The highest BCUT2D eigenvalue weighted by molar-refractivity contribution is 4.68. The highest BCUT2D eigenvalue weighted by Crippen LogP contribution is 2.23. The van der Waals surface area contributed by atoms with Gasteiger partial charge in [0.2, 0.25) is 0 Å². The van der Waals surface area contributed by atoms with Gasteiger partial charge >= 0.3 is 0 Å². The Hall–Kier alpha value is -0.160. The lowest BCUT2D eigenvalue weighted by Crippen LogP contribution is -2.18. The van der Waals surface area contributed by atoms with Crippen molar-refractivity contribution in [1.29, 1.82) is 0 Å². The van der Waals surface area contributed by atoms with Crippen molar-refractivity contribution < 1.29 is 19.7 Å². The van der Waals surface area contributed by atoms with E-state index in [1.165, 1.54) is 0 Å². The highest BCUT2D eigenvalue weighted by Gasteiger charge is 2.26. The largest absolute Gasteiger partial charge is 0.400 e. The zero-order valence-electron chi connectivity index (χ0n) is 7.69. The van der Waals surface area contributed by atoms with Gasteiger partial charge in [-0.05, 0) is 12.8 Å². The number of rotatable bonds is 3. The molecular weight excluding hydrogens is 160 g/mol. The first-order chi connectivity index (χ1) is 5.88. The monoisotopic (exact) mass is 178 g/mol. The Morgan fingerprint density at radius 1 is 1.50 bits per heavy atom. The van der Waals surface area contributed by atoms with Gasteiger partial charge in [0, 0.05) is 26.7 Å². The molecule has 1 rings (SSSR count). The molecule has 1 aliphatic heterocycles. The molecule has 1 aliphatic rings. The van der Waals surface area contributed by atoms with Gasteiger partial charge in [-0.15, -0.1) is 0 Å². The van der Waals surface area contributed by atoms with Crippen LogP contribution in [0.3, 0.4) is 0 Å². The topological polar surface area (TPSA) is 58.9 Å². The van der Waals surface area contributed by atoms with Gasteiger partial charge in [-0.25, -0.2) is 0 Å². The maximum atomic E-state index is 8.63. The third kappa shape index (κ3) is 3.49. The number of hydrogen-bond acceptors (Lipinski definition) is 4. The molecule has 0 aromatic carbocycles. The molecule has 0 spiro atoms. The first-order valence-electron chi connectivity index (χ1n) is 4.08. The summed E-state index contributed by atoms with van der Waals surface area (Å²) >= 11 is 0. The fourth-order valence-electron chi connectivity index (χ4n) is 1.31. The quantitative estimate of drug-likeness (QED) is 0.638. The van der Waals surface area contributed by atoms with Crippen molar-refractivity contribution >= 4 is 0 Å². The molecule has 2 atom stereocenters. The molecule has 1 heterocycles. The average molecular weight is 178 g/mol. The molecule has 0 aliphatic carbocycles. The van der Waals surface area contributed by atoms with Crippen LogP contribution in [-0.4, -0.2) is 43.9 Å². The zero-order valence-corrected chi connectivity index (χ0v) is 7.69. The van der Waals surface area contributed by atoms with Gasteiger partial charge in [-0.1, -0.05) is 0 Å². The summed E-state index contributed by atoms with van der Waals surface area (Å²) in [7, 11) is 2.64. The fourth-order valence-corrected chi connectivity index (χ4v) is 1.31. The lowest BCUT2D eigenvalue weighted by Gasteiger charge is -2.14. The summed E-state index contributed by atoms with van der Waals surface area (Å²) < 4.78 is 10.3. The minimum absolute atomic E-state index is 0.0767. The number of methoxy groups -OCH3 is 1. The summed E-state index contributed by atoms with van der Waals surface area (Å²) in [6.07, 6.45) is 1.73. The fraction of sp³-hybridized carbons (Fsp3) is 1.00. The molecule has 4 heteroatoms. The molecule has 0 saturated carbocycles. The summed E-state index contributed by atoms with van der Waals surface area (Å²) in [5.41, 5.74) is 0. The van der Waals surface area contributed by atoms with E-state index >= 15 is 0 Å². The number of aliphatic hydroxyl groups is 2. The van der Waals surface area contributed by atoms with Crippen LogP contribution in [0.4, 0.5) is 0 Å². The van der Waals surface area contributed by atoms with Crippen molar-refractivity contribution in [3.63, 3.8) is 0 Å². The van der Waals surface area contributed by atoms with Gasteiger partial charge in [0.1, 0.15) is 0 Å². The van der Waals surface area contributed by atoms with E-state index in [0.29, 0.717) is 5.92 Å². The Bertz CT molecular complexity index is 97.1. The van der Waals surface area contributed by atoms with Crippen molar-refractivity contribution in [3.05, 3.63) is 0 Å². The van der Waals surface area contributed by atoms with Crippen molar-refractivity contribution in [2.24, 2.45) is 5.92 Å². The molecule has 1 saturated heterocycles. The molecule has 4 nitrogen and oxygen atoms in total. The first kappa shape index (κ1) is 11.8. The zero-order chi connectivity index (χ0) is 9.40. The first-order valence-corrected chi connectivity index (χ1v) is 4.08. The maximum Gasteiger partial charge on any atom is 0.160 e. The summed E-state index contributed by atoms with van der Waals surface area (Å²) in [6, 6.07) is 0. The van der Waals surface area contributed by atoms with Crippen molar-refractivity contribution in [1.82, 2.24) is 0 Å². The van der Waals surface area contributed by atoms with Crippen LogP contribution >= 0.6 is 0 Å². The van der Waals surface area contributed by atoms with Gasteiger partial charge < -0.3 is 19.7 Å². The van der Waals surface area contributed by atoms with Gasteiger partial charge in [0.05, 0.1) is 6.61 Å². The molecule has 0 aromatic rings. The van der Waals surface area contributed by atoms with Crippen molar-refractivity contribution in [3.8, 4) is 0 Å². The van der Waals surface area contributed by atoms with E-state index in [1.54, 1.807) is 7.11 Å². The standard InChI is InChI=1S/C7H14O3.CH4O/c1-9-7-6(2-4-8)3-5-10-7;1-2/h6-8H,2-5H2,1H3;2H,1H3/t6-,7?;/m0./s1. The molecule has 0 amide bonds. The average Bonchev–Trinajstić information content (AvgIpc) is 2.56. The molecule has 1 unspecified atom stereocenters. The molecule has 1 fully saturated rings. The van der Waals surface area contributed by atoms with Gasteiger partial charge in [0.25, 0.3) is 0 Å². The third-order valence-corrected chi connectivity index (χ3v) is 1.89. The van der Waals surface area contributed by atoms with Gasteiger partial charge in [0.15, 0.2) is 6.29 Å². The highest BCUT2D eigenvalue weighted by atomic mass is 16.7. The summed E-state index contributed by atoms with van der Waals surface area (Å²) in [6.45, 7) is 0.997.